The Labute approximate surface area is 296 Å². The molecule has 4 saturated carbocycles. The van der Waals surface area contributed by atoms with Crippen molar-refractivity contribution in [2.75, 3.05) is 0 Å². The third kappa shape index (κ3) is 4.98. The Morgan fingerprint density at radius 1 is 0.760 bits per heavy atom. The number of nitrogens with zero attached hydrogens (tertiary/aromatic N) is 2. The number of pyridine rings is 1. The standard InChI is InChI=1S/C40H57N3O7/c1-22-7-9-29-24(3)32(45-33-20-37(5)15-11-27(22)39(29,33)49-47-37)19-31(42-43-36(44)26-13-17-41-18-14-26)35-25(4)30-10-8-23(2)28-12-16-38(6)21-34(46-35)40(28,30)50-48-38/h13-14,17-18,22-25,27-30,32-35H,7-12,15-16,19-21H2,1-6H3,(H,43,44)/b42-31-/t22-,23-,24-,25-,27+,28+,29+,30+,32-,33-,34-,35+,37-,38-,39-,40-/m1/s1. The summed E-state index contributed by atoms with van der Waals surface area (Å²) in [5, 5.41) is 5.00. The minimum absolute atomic E-state index is 0.0491. The number of ether oxygens (including phenoxy) is 2. The van der Waals surface area contributed by atoms with Gasteiger partial charge in [0.05, 0.1) is 24.0 Å². The highest BCUT2D eigenvalue weighted by molar-refractivity contribution is 5.96. The number of hydrogen-bond donors (Lipinski definition) is 1. The van der Waals surface area contributed by atoms with E-state index in [1.54, 1.807) is 24.5 Å². The third-order valence-corrected chi connectivity index (χ3v) is 15.5. The highest BCUT2D eigenvalue weighted by Crippen LogP contribution is 2.63. The summed E-state index contributed by atoms with van der Waals surface area (Å²) in [7, 11) is 0. The summed E-state index contributed by atoms with van der Waals surface area (Å²) in [5.74, 6) is 2.56. The summed E-state index contributed by atoms with van der Waals surface area (Å²) in [6, 6.07) is 3.43. The molecule has 10 nitrogen and oxygen atoms in total. The molecule has 4 bridgehead atoms. The van der Waals surface area contributed by atoms with E-state index >= 15 is 0 Å². The number of fused-ring (bicyclic) bond motifs is 4. The molecule has 1 N–H and O–H groups in total. The predicted octanol–water partition coefficient (Wildman–Crippen LogP) is 6.98. The molecule has 274 valence electrons. The lowest BCUT2D eigenvalue weighted by atomic mass is 9.55. The van der Waals surface area contributed by atoms with Gasteiger partial charge in [0.1, 0.15) is 28.5 Å². The number of carbonyl (C=O) groups excluding carboxylic acids is 1. The summed E-state index contributed by atoms with van der Waals surface area (Å²) < 4.78 is 14.6. The zero-order valence-corrected chi connectivity index (χ0v) is 30.8. The Balaban J connectivity index is 1.07. The van der Waals surface area contributed by atoms with Gasteiger partial charge in [0.15, 0.2) is 0 Å². The van der Waals surface area contributed by atoms with Gasteiger partial charge in [-0.2, -0.15) is 5.10 Å². The molecule has 2 spiro atoms. The van der Waals surface area contributed by atoms with Crippen molar-refractivity contribution >= 4 is 11.6 Å². The van der Waals surface area contributed by atoms with Crippen LogP contribution >= 0.6 is 0 Å². The van der Waals surface area contributed by atoms with E-state index < -0.39 is 11.2 Å². The van der Waals surface area contributed by atoms with E-state index in [-0.39, 0.29) is 59.3 Å². The SMILES string of the molecule is C[C@H]1[C@@H](/C(C[C@H]2O[C@@H]3C[C@@]4(C)CC[C@H]5[C@H](C)CC[C@@H]([C@H]2C)[C@@]35OO4)=N\NC(=O)c2ccncc2)O[C@@H]2C[C@@]3(C)CC[C@H]4[C@H](C)CC[C@@H]1[C@@]24OO3. The topological polar surface area (TPSA) is 110 Å². The Bertz CT molecular complexity index is 1510. The van der Waals surface area contributed by atoms with Gasteiger partial charge in [-0.3, -0.25) is 9.78 Å². The Hall–Kier alpha value is -1.95. The molecule has 0 radical (unpaired) electrons. The Morgan fingerprint density at radius 3 is 1.92 bits per heavy atom. The number of hydrogen-bond acceptors (Lipinski definition) is 9. The highest BCUT2D eigenvalue weighted by Gasteiger charge is 2.70. The zero-order valence-electron chi connectivity index (χ0n) is 30.8. The van der Waals surface area contributed by atoms with Gasteiger partial charge >= 0.3 is 0 Å². The first kappa shape index (κ1) is 33.9. The number of hydrazone groups is 1. The van der Waals surface area contributed by atoms with Crippen molar-refractivity contribution in [3.8, 4) is 0 Å². The molecule has 0 unspecified atom stereocenters. The van der Waals surface area contributed by atoms with Crippen molar-refractivity contribution in [1.82, 2.24) is 10.4 Å². The lowest BCUT2D eigenvalue weighted by Crippen LogP contribution is -2.71. The summed E-state index contributed by atoms with van der Waals surface area (Å²) in [4.78, 5) is 43.3. The monoisotopic (exact) mass is 691 g/mol. The number of aromatic nitrogens is 1. The van der Waals surface area contributed by atoms with Gasteiger partial charge in [0.2, 0.25) is 0 Å². The van der Waals surface area contributed by atoms with Crippen LogP contribution in [0.15, 0.2) is 29.6 Å². The fraction of sp³-hybridized carbons (Fsp3) is 0.825. The Kier molecular flexibility index (Phi) is 8.15. The molecule has 7 heterocycles. The molecular formula is C40H57N3O7. The number of rotatable bonds is 5. The molecule has 16 atom stereocenters. The second kappa shape index (κ2) is 12.0. The van der Waals surface area contributed by atoms with Gasteiger partial charge in [-0.05, 0) is 125 Å². The van der Waals surface area contributed by atoms with E-state index in [1.807, 2.05) is 0 Å². The molecule has 6 aliphatic heterocycles. The first-order valence-corrected chi connectivity index (χ1v) is 19.8. The summed E-state index contributed by atoms with van der Waals surface area (Å²) in [5.41, 5.74) is 2.71. The third-order valence-electron chi connectivity index (χ3n) is 15.5. The van der Waals surface area contributed by atoms with Crippen LogP contribution in [-0.4, -0.2) is 63.4 Å². The summed E-state index contributed by atoms with van der Waals surface area (Å²) in [6.07, 6.45) is 13.6. The van der Waals surface area contributed by atoms with Crippen LogP contribution in [0.25, 0.3) is 0 Å². The first-order valence-electron chi connectivity index (χ1n) is 19.8. The van der Waals surface area contributed by atoms with Gasteiger partial charge in [0.25, 0.3) is 5.91 Å². The molecule has 1 amide bonds. The van der Waals surface area contributed by atoms with Gasteiger partial charge in [-0.25, -0.2) is 25.0 Å². The van der Waals surface area contributed by atoms with E-state index in [0.717, 1.165) is 57.1 Å². The van der Waals surface area contributed by atoms with Crippen LogP contribution in [0, 0.1) is 47.3 Å². The predicted molar refractivity (Wildman–Crippen MR) is 184 cm³/mol. The van der Waals surface area contributed by atoms with Crippen molar-refractivity contribution in [2.24, 2.45) is 52.4 Å². The van der Waals surface area contributed by atoms with Crippen LogP contribution in [0.5, 0.6) is 0 Å². The second-order valence-electron chi connectivity index (χ2n) is 18.4. The fourth-order valence-electron chi connectivity index (χ4n) is 12.7. The molecule has 10 aliphatic rings. The average Bonchev–Trinajstić information content (AvgIpc) is 3.48. The largest absolute Gasteiger partial charge is 0.371 e. The maximum absolute atomic E-state index is 13.4. The fourth-order valence-corrected chi connectivity index (χ4v) is 12.7. The minimum atomic E-state index is -0.462. The van der Waals surface area contributed by atoms with Gasteiger partial charge in [0, 0.05) is 37.2 Å². The van der Waals surface area contributed by atoms with Crippen molar-refractivity contribution in [3.05, 3.63) is 30.1 Å². The van der Waals surface area contributed by atoms with Crippen LogP contribution in [0.1, 0.15) is 123 Å². The van der Waals surface area contributed by atoms with Crippen molar-refractivity contribution in [3.63, 3.8) is 0 Å². The van der Waals surface area contributed by atoms with Crippen LogP contribution in [0.4, 0.5) is 0 Å². The van der Waals surface area contributed by atoms with Crippen molar-refractivity contribution < 1.29 is 33.8 Å². The van der Waals surface area contributed by atoms with E-state index in [9.17, 15) is 4.79 Å². The molecule has 10 fully saturated rings. The Morgan fingerprint density at radius 2 is 1.32 bits per heavy atom. The molecule has 0 aromatic carbocycles. The number of carbonyl (C=O) groups is 1. The number of amides is 1. The van der Waals surface area contributed by atoms with E-state index in [4.69, 9.17) is 34.1 Å². The molecule has 50 heavy (non-hydrogen) atoms. The molecular weight excluding hydrogens is 634 g/mol. The lowest BCUT2D eigenvalue weighted by Gasteiger charge is -2.62. The van der Waals surface area contributed by atoms with E-state index in [2.05, 4.69) is 52.0 Å². The van der Waals surface area contributed by atoms with Crippen molar-refractivity contribution in [1.29, 1.82) is 0 Å². The molecule has 6 saturated heterocycles. The van der Waals surface area contributed by atoms with Gasteiger partial charge in [-0.15, -0.1) is 0 Å². The quantitative estimate of drug-likeness (QED) is 0.200. The number of nitrogens with one attached hydrogen (secondary N) is 1. The summed E-state index contributed by atoms with van der Waals surface area (Å²) >= 11 is 0. The van der Waals surface area contributed by atoms with Crippen LogP contribution in [0.2, 0.25) is 0 Å². The highest BCUT2D eigenvalue weighted by atomic mass is 17.2. The molecule has 10 heteroatoms. The molecule has 1 aromatic rings. The maximum Gasteiger partial charge on any atom is 0.271 e. The first-order chi connectivity index (χ1) is 24.0. The maximum atomic E-state index is 13.4. The molecule has 4 aliphatic carbocycles. The van der Waals surface area contributed by atoms with Crippen LogP contribution < -0.4 is 5.43 Å². The molecule has 1 aromatic heterocycles. The van der Waals surface area contributed by atoms with E-state index in [0.29, 0.717) is 41.6 Å². The van der Waals surface area contributed by atoms with Gasteiger partial charge in [-0.1, -0.05) is 27.7 Å². The zero-order chi connectivity index (χ0) is 34.6. The lowest BCUT2D eigenvalue weighted by molar-refractivity contribution is -0.487. The molecule has 11 rings (SSSR count). The van der Waals surface area contributed by atoms with E-state index in [1.165, 1.54) is 12.8 Å². The van der Waals surface area contributed by atoms with Crippen LogP contribution in [0.3, 0.4) is 0 Å². The normalized spacial score (nSPS) is 52.3. The summed E-state index contributed by atoms with van der Waals surface area (Å²) in [6.45, 7) is 13.8. The van der Waals surface area contributed by atoms with Gasteiger partial charge < -0.3 is 9.47 Å². The average molecular weight is 692 g/mol. The smallest absolute Gasteiger partial charge is 0.271 e. The second-order valence-corrected chi connectivity index (χ2v) is 18.4. The van der Waals surface area contributed by atoms with Crippen molar-refractivity contribution in [2.45, 2.75) is 159 Å². The van der Waals surface area contributed by atoms with Crippen LogP contribution in [-0.2, 0) is 29.0 Å². The minimum Gasteiger partial charge on any atom is -0.371 e.